The predicted octanol–water partition coefficient (Wildman–Crippen LogP) is -0.351. The number of nitrogens with zero attached hydrogens (tertiary/aromatic N) is 1. The molecule has 2 atom stereocenters. The number of hydrogen-bond acceptors (Lipinski definition) is 5. The maximum absolute atomic E-state index is 10.8. The van der Waals surface area contributed by atoms with E-state index in [9.17, 15) is 19.8 Å². The Balaban J connectivity index is 2.99. The molecule has 1 rings (SSSR count). The van der Waals surface area contributed by atoms with Gasteiger partial charge in [0.15, 0.2) is 0 Å². The second-order valence-corrected chi connectivity index (χ2v) is 3.35. The van der Waals surface area contributed by atoms with Gasteiger partial charge in [-0.1, -0.05) is 0 Å². The van der Waals surface area contributed by atoms with Crippen LogP contribution in [0.1, 0.15) is 28.6 Å². The smallest absolute Gasteiger partial charge is 0.337 e. The van der Waals surface area contributed by atoms with Gasteiger partial charge in [-0.3, -0.25) is 9.78 Å². The lowest BCUT2D eigenvalue weighted by Crippen LogP contribution is -2.24. The molecule has 0 radical (unpaired) electrons. The number of hydrogen-bond donors (Lipinski definition) is 4. The molecule has 1 aromatic heterocycles. The fourth-order valence-electron chi connectivity index (χ4n) is 1.31. The molecule has 7 nitrogen and oxygen atoms in total. The second kappa shape index (κ2) is 5.37. The maximum atomic E-state index is 10.8. The van der Waals surface area contributed by atoms with Gasteiger partial charge in [-0.25, -0.2) is 4.79 Å². The van der Waals surface area contributed by atoms with E-state index in [4.69, 9.17) is 10.2 Å². The van der Waals surface area contributed by atoms with E-state index < -0.39 is 30.6 Å². The molecule has 1 aromatic rings. The molecule has 0 amide bonds. The van der Waals surface area contributed by atoms with Crippen molar-refractivity contribution < 1.29 is 30.0 Å². The summed E-state index contributed by atoms with van der Waals surface area (Å²) in [4.78, 5) is 24.8. The third-order valence-electron chi connectivity index (χ3n) is 2.10. The van der Waals surface area contributed by atoms with Crippen molar-refractivity contribution in [2.75, 3.05) is 0 Å². The predicted molar refractivity (Wildman–Crippen MR) is 54.4 cm³/mol. The summed E-state index contributed by atoms with van der Waals surface area (Å²) in [6.45, 7) is 0. The molecule has 0 bridgehead atoms. The number of rotatable bonds is 5. The third-order valence-corrected chi connectivity index (χ3v) is 2.10. The summed E-state index contributed by atoms with van der Waals surface area (Å²) in [5.41, 5.74) is -0.529. The summed E-state index contributed by atoms with van der Waals surface area (Å²) in [6, 6.07) is 2.57. The Morgan fingerprint density at radius 1 is 1.29 bits per heavy atom. The number of aliphatic carboxylic acids is 1. The number of carboxylic acid groups (broad SMARTS) is 2. The molecule has 4 N–H and O–H groups in total. The molecule has 0 saturated carbocycles. The molecule has 0 fully saturated rings. The highest BCUT2D eigenvalue weighted by molar-refractivity contribution is 5.88. The lowest BCUT2D eigenvalue weighted by atomic mass is 10.0. The normalized spacial score (nSPS) is 14.0. The lowest BCUT2D eigenvalue weighted by Gasteiger charge is -2.16. The highest BCUT2D eigenvalue weighted by Gasteiger charge is 2.26. The van der Waals surface area contributed by atoms with Crippen LogP contribution in [0.3, 0.4) is 0 Å². The highest BCUT2D eigenvalue weighted by atomic mass is 16.4. The standard InChI is InChI=1S/C10H11NO6/c12-6(4-7(13)14)9(15)8-5(10(16)17)2-1-3-11-8/h1-3,6,9,12,15H,4H2,(H,13,14)(H,16,17). The molecular formula is C10H11NO6. The first-order chi connectivity index (χ1) is 7.93. The number of aliphatic hydroxyl groups excluding tert-OH is 2. The Morgan fingerprint density at radius 2 is 1.94 bits per heavy atom. The number of aromatic nitrogens is 1. The molecule has 0 aliphatic carbocycles. The van der Waals surface area contributed by atoms with Gasteiger partial charge >= 0.3 is 11.9 Å². The maximum Gasteiger partial charge on any atom is 0.337 e. The zero-order chi connectivity index (χ0) is 13.0. The van der Waals surface area contributed by atoms with Gasteiger partial charge < -0.3 is 20.4 Å². The van der Waals surface area contributed by atoms with Gasteiger partial charge in [0.25, 0.3) is 0 Å². The van der Waals surface area contributed by atoms with Crippen LogP contribution in [0.4, 0.5) is 0 Å². The van der Waals surface area contributed by atoms with Crippen molar-refractivity contribution in [1.82, 2.24) is 4.98 Å². The lowest BCUT2D eigenvalue weighted by molar-refractivity contribution is -0.141. The molecule has 0 aliphatic rings. The summed E-state index contributed by atoms with van der Waals surface area (Å²) in [7, 11) is 0. The number of aromatic carboxylic acids is 1. The first-order valence-corrected chi connectivity index (χ1v) is 4.69. The van der Waals surface area contributed by atoms with Crippen LogP contribution in [0.15, 0.2) is 18.3 Å². The molecule has 0 aromatic carbocycles. The van der Waals surface area contributed by atoms with Crippen LogP contribution in [0.25, 0.3) is 0 Å². The Bertz CT molecular complexity index is 433. The molecule has 0 spiro atoms. The van der Waals surface area contributed by atoms with Crippen LogP contribution >= 0.6 is 0 Å². The SMILES string of the molecule is O=C(O)CC(O)C(O)c1ncccc1C(=O)O. The zero-order valence-electron chi connectivity index (χ0n) is 8.65. The number of carbonyl (C=O) groups is 2. The Hall–Kier alpha value is -1.99. The monoisotopic (exact) mass is 241 g/mol. The molecule has 92 valence electrons. The molecule has 1 heterocycles. The van der Waals surface area contributed by atoms with E-state index in [0.717, 1.165) is 0 Å². The molecule has 7 heteroatoms. The van der Waals surface area contributed by atoms with Crippen molar-refractivity contribution in [2.24, 2.45) is 0 Å². The minimum atomic E-state index is -1.65. The van der Waals surface area contributed by atoms with Crippen molar-refractivity contribution in [3.8, 4) is 0 Å². The Kier molecular flexibility index (Phi) is 4.13. The van der Waals surface area contributed by atoms with Gasteiger partial charge in [0, 0.05) is 6.20 Å². The summed E-state index contributed by atoms with van der Waals surface area (Å²) in [6.07, 6.45) is -2.71. The van der Waals surface area contributed by atoms with Gasteiger partial charge in [-0.2, -0.15) is 0 Å². The average molecular weight is 241 g/mol. The van der Waals surface area contributed by atoms with Crippen molar-refractivity contribution in [3.05, 3.63) is 29.6 Å². The second-order valence-electron chi connectivity index (χ2n) is 3.35. The summed E-state index contributed by atoms with van der Waals surface area (Å²) in [5, 5.41) is 36.3. The molecule has 2 unspecified atom stereocenters. The van der Waals surface area contributed by atoms with Crippen molar-refractivity contribution in [3.63, 3.8) is 0 Å². The fraction of sp³-hybridized carbons (Fsp3) is 0.300. The van der Waals surface area contributed by atoms with Gasteiger partial charge in [0.2, 0.25) is 0 Å². The van der Waals surface area contributed by atoms with Crippen molar-refractivity contribution in [1.29, 1.82) is 0 Å². The van der Waals surface area contributed by atoms with Gasteiger partial charge in [-0.15, -0.1) is 0 Å². The highest BCUT2D eigenvalue weighted by Crippen LogP contribution is 2.20. The molecule has 0 aliphatic heterocycles. The first-order valence-electron chi connectivity index (χ1n) is 4.69. The van der Waals surface area contributed by atoms with E-state index >= 15 is 0 Å². The summed E-state index contributed by atoms with van der Waals surface area (Å²) >= 11 is 0. The number of aliphatic hydroxyl groups is 2. The van der Waals surface area contributed by atoms with Crippen LogP contribution in [-0.4, -0.2) is 43.5 Å². The van der Waals surface area contributed by atoms with E-state index in [1.54, 1.807) is 0 Å². The third kappa shape index (κ3) is 3.23. The summed E-state index contributed by atoms with van der Waals surface area (Å²) in [5.74, 6) is -2.61. The quantitative estimate of drug-likeness (QED) is 0.554. The fourth-order valence-corrected chi connectivity index (χ4v) is 1.31. The molecule has 0 saturated heterocycles. The Labute approximate surface area is 96.0 Å². The van der Waals surface area contributed by atoms with Crippen LogP contribution in [0.5, 0.6) is 0 Å². The van der Waals surface area contributed by atoms with Crippen LogP contribution in [-0.2, 0) is 4.79 Å². The first kappa shape index (κ1) is 13.1. The van der Waals surface area contributed by atoms with Crippen LogP contribution < -0.4 is 0 Å². The topological polar surface area (TPSA) is 128 Å². The van der Waals surface area contributed by atoms with Crippen LogP contribution in [0.2, 0.25) is 0 Å². The minimum absolute atomic E-state index is 0.256. The van der Waals surface area contributed by atoms with E-state index in [2.05, 4.69) is 4.98 Å². The van der Waals surface area contributed by atoms with Gasteiger partial charge in [-0.05, 0) is 12.1 Å². The Morgan fingerprint density at radius 3 is 2.47 bits per heavy atom. The van der Waals surface area contributed by atoms with Gasteiger partial charge in [0.1, 0.15) is 6.10 Å². The average Bonchev–Trinajstić information content (AvgIpc) is 2.27. The largest absolute Gasteiger partial charge is 0.481 e. The zero-order valence-corrected chi connectivity index (χ0v) is 8.65. The molecular weight excluding hydrogens is 230 g/mol. The minimum Gasteiger partial charge on any atom is -0.481 e. The van der Waals surface area contributed by atoms with E-state index in [0.29, 0.717) is 0 Å². The number of carboxylic acids is 2. The van der Waals surface area contributed by atoms with E-state index in [-0.39, 0.29) is 11.3 Å². The van der Waals surface area contributed by atoms with E-state index in [1.807, 2.05) is 0 Å². The van der Waals surface area contributed by atoms with Crippen LogP contribution in [0, 0.1) is 0 Å². The summed E-state index contributed by atoms with van der Waals surface area (Å²) < 4.78 is 0. The number of pyridine rings is 1. The van der Waals surface area contributed by atoms with Crippen molar-refractivity contribution >= 4 is 11.9 Å². The van der Waals surface area contributed by atoms with Gasteiger partial charge in [0.05, 0.1) is 23.8 Å². The molecule has 17 heavy (non-hydrogen) atoms. The van der Waals surface area contributed by atoms with Crippen molar-refractivity contribution in [2.45, 2.75) is 18.6 Å². The van der Waals surface area contributed by atoms with E-state index in [1.165, 1.54) is 18.3 Å².